The van der Waals surface area contributed by atoms with Crippen molar-refractivity contribution in [3.8, 4) is 34.0 Å². The number of ether oxygens (including phenoxy) is 2. The fourth-order valence-corrected chi connectivity index (χ4v) is 8.44. The Morgan fingerprint density at radius 1 is 0.645 bits per heavy atom. The van der Waals surface area contributed by atoms with E-state index < -0.39 is 60.9 Å². The van der Waals surface area contributed by atoms with Crippen LogP contribution >= 0.6 is 0 Å². The minimum absolute atomic E-state index is 0.0107. The van der Waals surface area contributed by atoms with E-state index >= 15 is 0 Å². The molecule has 2 N–H and O–H groups in total. The Labute approximate surface area is 427 Å². The van der Waals surface area contributed by atoms with Gasteiger partial charge in [-0.2, -0.15) is 38.0 Å². The van der Waals surface area contributed by atoms with Gasteiger partial charge in [0.25, 0.3) is 11.8 Å². The first-order valence-electron chi connectivity index (χ1n) is 21.8. The molecular weight excluding hydrogens is 1060 g/mol. The first-order valence-corrected chi connectivity index (χ1v) is 25.3. The second kappa shape index (κ2) is 22.3. The lowest BCUT2D eigenvalue weighted by atomic mass is 10.1. The predicted molar refractivity (Wildman–Crippen MR) is 259 cm³/mol. The monoisotopic (exact) mass is 1100 g/mol. The quantitative estimate of drug-likeness (QED) is 0.118. The predicted octanol–water partition coefficient (Wildman–Crippen LogP) is 4.56. The maximum Gasteiger partial charge on any atom is 0.387 e. The molecule has 6 aromatic heterocycles. The molecule has 2 aromatic carbocycles. The van der Waals surface area contributed by atoms with Gasteiger partial charge in [0, 0.05) is 82.8 Å². The molecule has 0 spiro atoms. The van der Waals surface area contributed by atoms with Crippen LogP contribution in [0.3, 0.4) is 0 Å². The summed E-state index contributed by atoms with van der Waals surface area (Å²) in [5.74, 6) is -2.95. The zero-order valence-electron chi connectivity index (χ0n) is 40.5. The first kappa shape index (κ1) is 54.9. The van der Waals surface area contributed by atoms with Crippen molar-refractivity contribution in [3.63, 3.8) is 0 Å². The molecule has 0 bridgehead atoms. The van der Waals surface area contributed by atoms with Gasteiger partial charge < -0.3 is 29.9 Å². The van der Waals surface area contributed by atoms with E-state index in [0.717, 1.165) is 54.3 Å². The number of benzene rings is 2. The van der Waals surface area contributed by atoms with E-state index in [9.17, 15) is 58.0 Å². The molecule has 24 nitrogen and oxygen atoms in total. The molecule has 0 saturated carbocycles. The number of aromatic nitrogens is 10. The van der Waals surface area contributed by atoms with Gasteiger partial charge >= 0.3 is 13.2 Å². The van der Waals surface area contributed by atoms with Crippen molar-refractivity contribution in [3.05, 3.63) is 109 Å². The number of hydrogen-bond acceptors (Lipinski definition) is 16. The summed E-state index contributed by atoms with van der Waals surface area (Å²) in [5.41, 5.74) is -2.44. The third-order valence-electron chi connectivity index (χ3n) is 10.7. The lowest BCUT2D eigenvalue weighted by molar-refractivity contribution is -0.130. The van der Waals surface area contributed by atoms with Crippen molar-refractivity contribution >= 4 is 66.0 Å². The zero-order valence-corrected chi connectivity index (χ0v) is 42.2. The molecule has 6 heterocycles. The van der Waals surface area contributed by atoms with E-state index in [1.165, 1.54) is 88.9 Å². The Morgan fingerprint density at radius 3 is 1.43 bits per heavy atom. The van der Waals surface area contributed by atoms with Gasteiger partial charge in [0.15, 0.2) is 21.1 Å². The van der Waals surface area contributed by atoms with Crippen LogP contribution in [-0.2, 0) is 42.4 Å². The van der Waals surface area contributed by atoms with Crippen LogP contribution in [0.25, 0.3) is 33.8 Å². The minimum Gasteiger partial charge on any atom is -0.434 e. The average Bonchev–Trinajstić information content (AvgIpc) is 4.16. The number of nitrogens with zero attached hydrogens (tertiary/aromatic N) is 12. The number of amides is 4. The summed E-state index contributed by atoms with van der Waals surface area (Å²) in [6.45, 7) is -6.26. The summed E-state index contributed by atoms with van der Waals surface area (Å²) >= 11 is 0. The van der Waals surface area contributed by atoms with Crippen LogP contribution in [-0.4, -0.2) is 152 Å². The number of fused-ring (bicyclic) bond motifs is 2. The van der Waals surface area contributed by atoms with Crippen molar-refractivity contribution in [1.29, 1.82) is 0 Å². The summed E-state index contributed by atoms with van der Waals surface area (Å²) < 4.78 is 130. The smallest absolute Gasteiger partial charge is 0.387 e. The molecule has 76 heavy (non-hydrogen) atoms. The van der Waals surface area contributed by atoms with Gasteiger partial charge in [-0.05, 0) is 55.5 Å². The molecule has 0 aliphatic rings. The summed E-state index contributed by atoms with van der Waals surface area (Å²) in [5, 5.41) is 21.9. The van der Waals surface area contributed by atoms with E-state index in [0.29, 0.717) is 0 Å². The number of nitrogens with one attached hydrogen (secondary N) is 2. The van der Waals surface area contributed by atoms with Crippen LogP contribution in [0.1, 0.15) is 27.6 Å². The number of hydrogen-bond donors (Lipinski definition) is 2. The minimum atomic E-state index is -4.48. The summed E-state index contributed by atoms with van der Waals surface area (Å²) in [6, 6.07) is 9.30. The zero-order chi connectivity index (χ0) is 55.4. The molecular formula is C45H43F5N14O10S2. The standard InChI is InChI=1S/C23H22F3N7O5S.C22H21F2N7O5S/c1-13(24)39(36,37)14-5-6-18(38-23(25)26)15(9-14)20-17(11-32(30-20)12-19(34)31(2)3)29-22(35)16-10-28-33-8-4-7-27-21(16)33;1-29(2)18(32)12-30-11-16(27-21(33)15-10-26-31-8-4-7-25-20(15)31)19(28-30)14-9-13(37(3,34)35)5-6-17(14)36-22(23)24/h4-11,13,23H,12H2,1-3H3,(H,29,35);4-11,22H,12H2,1-3H3,(H,27,33). The SMILES string of the molecule is CC(F)S(=O)(=O)c1ccc(OC(F)F)c(-c2nn(CC(=O)N(C)C)cc2NC(=O)c2cnn3cccnc23)c1.CN(C)C(=O)Cn1cc(NC(=O)c2cnn3cccnc23)c(-c2cc(S(C)(=O)=O)ccc2OC(F)F)n1. The molecule has 0 radical (unpaired) electrons. The molecule has 1 atom stereocenters. The van der Waals surface area contributed by atoms with Crippen molar-refractivity contribution in [1.82, 2.24) is 58.6 Å². The van der Waals surface area contributed by atoms with Crippen LogP contribution in [0.5, 0.6) is 11.5 Å². The van der Waals surface area contributed by atoms with Crippen molar-refractivity contribution in [2.24, 2.45) is 0 Å². The van der Waals surface area contributed by atoms with E-state index in [1.807, 2.05) is 0 Å². The lowest BCUT2D eigenvalue weighted by Gasteiger charge is -2.13. The van der Waals surface area contributed by atoms with E-state index in [4.69, 9.17) is 0 Å². The van der Waals surface area contributed by atoms with E-state index in [1.54, 1.807) is 24.5 Å². The number of alkyl halides is 5. The first-order chi connectivity index (χ1) is 35.8. The van der Waals surface area contributed by atoms with E-state index in [-0.39, 0.29) is 91.9 Å². The van der Waals surface area contributed by atoms with Crippen LogP contribution in [0.4, 0.5) is 33.3 Å². The highest BCUT2D eigenvalue weighted by Crippen LogP contribution is 2.39. The highest BCUT2D eigenvalue weighted by molar-refractivity contribution is 7.92. The van der Waals surface area contributed by atoms with Gasteiger partial charge in [0.2, 0.25) is 27.2 Å². The number of carbonyl (C=O) groups is 4. The van der Waals surface area contributed by atoms with Crippen molar-refractivity contribution < 1.29 is 67.4 Å². The molecule has 4 amide bonds. The maximum atomic E-state index is 13.9. The van der Waals surface area contributed by atoms with Gasteiger partial charge in [0.1, 0.15) is 47.1 Å². The van der Waals surface area contributed by atoms with Gasteiger partial charge in [-0.3, -0.25) is 28.5 Å². The second-order valence-corrected chi connectivity index (χ2v) is 20.7. The second-order valence-electron chi connectivity index (χ2n) is 16.5. The Hall–Kier alpha value is -8.87. The molecule has 1 unspecified atom stereocenters. The molecule has 31 heteroatoms. The van der Waals surface area contributed by atoms with Gasteiger partial charge in [-0.25, -0.2) is 40.2 Å². The fourth-order valence-electron chi connectivity index (χ4n) is 6.88. The largest absolute Gasteiger partial charge is 0.434 e. The fraction of sp³-hybridized carbons (Fsp3) is 0.244. The number of likely N-dealkylation sites (N-methyl/N-ethyl adjacent to an activating group) is 2. The number of anilines is 2. The number of halogens is 5. The Kier molecular flexibility index (Phi) is 16.1. The molecule has 0 aliphatic heterocycles. The Bertz CT molecular complexity index is 3730. The van der Waals surface area contributed by atoms with Crippen molar-refractivity contribution in [2.75, 3.05) is 45.1 Å². The number of carbonyl (C=O) groups excluding carboxylic acids is 4. The molecule has 8 rings (SSSR count). The highest BCUT2D eigenvalue weighted by Gasteiger charge is 2.29. The van der Waals surface area contributed by atoms with Gasteiger partial charge in [0.05, 0.1) is 33.6 Å². The van der Waals surface area contributed by atoms with Crippen LogP contribution in [0.15, 0.2) is 108 Å². The third kappa shape index (κ3) is 12.4. The van der Waals surface area contributed by atoms with Gasteiger partial charge in [-0.1, -0.05) is 0 Å². The van der Waals surface area contributed by atoms with Crippen molar-refractivity contribution in [2.45, 2.75) is 48.5 Å². The molecule has 8 aromatic rings. The summed E-state index contributed by atoms with van der Waals surface area (Å²) in [4.78, 5) is 61.0. The molecule has 0 aliphatic carbocycles. The summed E-state index contributed by atoms with van der Waals surface area (Å²) in [6.07, 6.45) is 12.2. The lowest BCUT2D eigenvalue weighted by Crippen LogP contribution is -2.26. The average molecular weight is 1100 g/mol. The van der Waals surface area contributed by atoms with Crippen LogP contribution < -0.4 is 20.1 Å². The molecule has 0 saturated heterocycles. The molecule has 400 valence electrons. The van der Waals surface area contributed by atoms with Crippen LogP contribution in [0.2, 0.25) is 0 Å². The summed E-state index contributed by atoms with van der Waals surface area (Å²) in [7, 11) is -2.13. The Morgan fingerprint density at radius 2 is 1.05 bits per heavy atom. The maximum absolute atomic E-state index is 13.9. The van der Waals surface area contributed by atoms with Crippen LogP contribution in [0, 0.1) is 0 Å². The molecule has 0 fully saturated rings. The topological polar surface area (TPSA) is 282 Å². The normalized spacial score (nSPS) is 12.1. The number of sulfone groups is 2. The highest BCUT2D eigenvalue weighted by atomic mass is 32.2. The van der Waals surface area contributed by atoms with Gasteiger partial charge in [-0.15, -0.1) is 0 Å². The van der Waals surface area contributed by atoms with E-state index in [2.05, 4.69) is 50.5 Å². The third-order valence-corrected chi connectivity index (χ3v) is 13.6. The Balaban J connectivity index is 0.000000221. The number of rotatable bonds is 17.